The fourth-order valence-corrected chi connectivity index (χ4v) is 0.665. The average molecular weight is 198 g/mol. The van der Waals surface area contributed by atoms with E-state index in [1.807, 2.05) is 26.5 Å². The van der Waals surface area contributed by atoms with Gasteiger partial charge in [0.2, 0.25) is 0 Å². The largest absolute Gasteiger partial charge is 0.673 e. The van der Waals surface area contributed by atoms with Gasteiger partial charge in [-0.3, -0.25) is 0 Å². The highest BCUT2D eigenvalue weighted by molar-refractivity contribution is 6.50. The van der Waals surface area contributed by atoms with Crippen molar-refractivity contribution in [3.05, 3.63) is 18.2 Å². The Morgan fingerprint density at radius 2 is 1.69 bits per heavy atom. The molecule has 1 aromatic heterocycles. The second kappa shape index (κ2) is 4.29. The molecule has 0 aliphatic heterocycles. The molecule has 1 rings (SSSR count). The Balaban J connectivity index is 0.000000252. The molecule has 1 heterocycles. The molecule has 2 nitrogen and oxygen atoms in total. The van der Waals surface area contributed by atoms with Crippen LogP contribution in [0.25, 0.3) is 0 Å². The normalized spacial score (nSPS) is 10.7. The first-order chi connectivity index (χ1) is 5.72. The minimum atomic E-state index is -6.00. The maximum absolute atomic E-state index is 9.75. The highest BCUT2D eigenvalue weighted by atomic mass is 19.5. The second-order valence-corrected chi connectivity index (χ2v) is 2.56. The number of rotatable bonds is 0. The summed E-state index contributed by atoms with van der Waals surface area (Å²) in [5.41, 5.74) is 0. The van der Waals surface area contributed by atoms with Gasteiger partial charge in [0.25, 0.3) is 5.82 Å². The molecule has 0 unspecified atom stereocenters. The Kier molecular flexibility index (Phi) is 3.96. The summed E-state index contributed by atoms with van der Waals surface area (Å²) in [5, 5.41) is 0. The van der Waals surface area contributed by atoms with E-state index in [0.29, 0.717) is 0 Å². The van der Waals surface area contributed by atoms with E-state index in [2.05, 4.69) is 16.1 Å². The first-order valence-electron chi connectivity index (χ1n) is 3.56. The fourth-order valence-electron chi connectivity index (χ4n) is 0.665. The predicted molar refractivity (Wildman–Crippen MR) is 41.5 cm³/mol. The van der Waals surface area contributed by atoms with E-state index < -0.39 is 7.25 Å². The fraction of sp³-hybridized carbons (Fsp3) is 0.500. The van der Waals surface area contributed by atoms with Gasteiger partial charge in [0.1, 0.15) is 12.4 Å². The van der Waals surface area contributed by atoms with E-state index in [1.165, 1.54) is 5.82 Å². The zero-order valence-corrected chi connectivity index (χ0v) is 7.64. The van der Waals surface area contributed by atoms with Crippen LogP contribution in [0, 0.1) is 6.92 Å². The van der Waals surface area contributed by atoms with Crippen molar-refractivity contribution in [2.75, 3.05) is 0 Å². The molecule has 13 heavy (non-hydrogen) atoms. The molecule has 1 aromatic rings. The summed E-state index contributed by atoms with van der Waals surface area (Å²) in [6, 6.07) is 0. The lowest BCUT2D eigenvalue weighted by Gasteiger charge is -1.94. The highest BCUT2D eigenvalue weighted by Crippen LogP contribution is 2.06. The smallest absolute Gasteiger partial charge is 0.418 e. The highest BCUT2D eigenvalue weighted by Gasteiger charge is 2.20. The molecular formula is C6H11BF4N2. The topological polar surface area (TPSA) is 8.81 Å². The monoisotopic (exact) mass is 198 g/mol. The number of nitrogens with zero attached hydrogens (tertiary/aromatic N) is 2. The predicted octanol–water partition coefficient (Wildman–Crippen LogP) is 1.46. The molecule has 0 spiro atoms. The quantitative estimate of drug-likeness (QED) is 0.339. The van der Waals surface area contributed by atoms with Crippen molar-refractivity contribution in [1.82, 2.24) is 4.57 Å². The third kappa shape index (κ3) is 6.18. The van der Waals surface area contributed by atoms with Crippen LogP contribution >= 0.6 is 0 Å². The Morgan fingerprint density at radius 3 is 1.77 bits per heavy atom. The van der Waals surface area contributed by atoms with Gasteiger partial charge in [0.05, 0.1) is 14.1 Å². The number of aryl methyl sites for hydroxylation is 2. The Bertz CT molecular complexity index is 243. The van der Waals surface area contributed by atoms with Gasteiger partial charge >= 0.3 is 7.25 Å². The minimum absolute atomic E-state index is 1.27. The molecule has 0 fully saturated rings. The van der Waals surface area contributed by atoms with Crippen molar-refractivity contribution in [1.29, 1.82) is 0 Å². The number of hydrogen-bond acceptors (Lipinski definition) is 0. The molecule has 0 amide bonds. The van der Waals surface area contributed by atoms with E-state index >= 15 is 0 Å². The molecule has 0 atom stereocenters. The van der Waals surface area contributed by atoms with Crippen molar-refractivity contribution in [2.24, 2.45) is 14.1 Å². The lowest BCUT2D eigenvalue weighted by atomic mass is 10.3. The summed E-state index contributed by atoms with van der Waals surface area (Å²) in [5.74, 6) is 1.27. The van der Waals surface area contributed by atoms with Gasteiger partial charge in [-0.05, 0) is 0 Å². The van der Waals surface area contributed by atoms with E-state index in [9.17, 15) is 17.3 Å². The van der Waals surface area contributed by atoms with Gasteiger partial charge in [0.15, 0.2) is 0 Å². The number of aromatic nitrogens is 2. The number of halogens is 4. The first kappa shape index (κ1) is 12.0. The van der Waals surface area contributed by atoms with Crippen molar-refractivity contribution in [3.63, 3.8) is 0 Å². The van der Waals surface area contributed by atoms with E-state index in [0.717, 1.165) is 0 Å². The molecule has 7 heteroatoms. The summed E-state index contributed by atoms with van der Waals surface area (Å²) < 4.78 is 43.2. The van der Waals surface area contributed by atoms with Gasteiger partial charge in [-0.2, -0.15) is 0 Å². The van der Waals surface area contributed by atoms with E-state index in [4.69, 9.17) is 0 Å². The molecule has 0 saturated heterocycles. The third-order valence-electron chi connectivity index (χ3n) is 1.53. The van der Waals surface area contributed by atoms with Crippen molar-refractivity contribution < 1.29 is 21.8 Å². The second-order valence-electron chi connectivity index (χ2n) is 2.56. The minimum Gasteiger partial charge on any atom is -0.418 e. The lowest BCUT2D eigenvalue weighted by molar-refractivity contribution is -0.677. The summed E-state index contributed by atoms with van der Waals surface area (Å²) in [7, 11) is -1.93. The van der Waals surface area contributed by atoms with E-state index in [1.54, 1.807) is 0 Å². The van der Waals surface area contributed by atoms with Crippen LogP contribution in [0.3, 0.4) is 0 Å². The molecule has 0 N–H and O–H groups in total. The molecule has 0 aliphatic carbocycles. The van der Waals surface area contributed by atoms with Crippen LogP contribution < -0.4 is 4.57 Å². The maximum atomic E-state index is 9.75. The lowest BCUT2D eigenvalue weighted by Crippen LogP contribution is -2.29. The first-order valence-corrected chi connectivity index (χ1v) is 3.56. The van der Waals surface area contributed by atoms with Crippen LogP contribution in [0.2, 0.25) is 0 Å². The van der Waals surface area contributed by atoms with Gasteiger partial charge in [-0.15, -0.1) is 0 Å². The molecule has 0 saturated carbocycles. The molecule has 0 radical (unpaired) electrons. The van der Waals surface area contributed by atoms with Gasteiger partial charge < -0.3 is 17.3 Å². The van der Waals surface area contributed by atoms with Gasteiger partial charge in [0, 0.05) is 6.92 Å². The van der Waals surface area contributed by atoms with Gasteiger partial charge in [-0.1, -0.05) is 0 Å². The Labute approximate surface area is 73.9 Å². The Hall–Kier alpha value is -1.01. The van der Waals surface area contributed by atoms with Crippen LogP contribution in [0.1, 0.15) is 5.82 Å². The maximum Gasteiger partial charge on any atom is 0.673 e. The molecule has 0 aromatic carbocycles. The summed E-state index contributed by atoms with van der Waals surface area (Å²) in [6.07, 6.45) is 4.07. The zero-order valence-electron chi connectivity index (χ0n) is 7.64. The Morgan fingerprint density at radius 1 is 1.31 bits per heavy atom. The standard InChI is InChI=1S/C6H11N2.BF4/c1-6-7(2)4-5-8(6)3;2-1(3,4)5/h4-5H,1-3H3;/q+1;-1. The molecule has 76 valence electrons. The van der Waals surface area contributed by atoms with Gasteiger partial charge in [-0.25, -0.2) is 9.13 Å². The average Bonchev–Trinajstić information content (AvgIpc) is 2.16. The molecule has 0 bridgehead atoms. The summed E-state index contributed by atoms with van der Waals surface area (Å²) in [6.45, 7) is 2.08. The van der Waals surface area contributed by atoms with Crippen LogP contribution in [-0.4, -0.2) is 11.8 Å². The number of imidazole rings is 1. The number of hydrogen-bond donors (Lipinski definition) is 0. The van der Waals surface area contributed by atoms with Crippen LogP contribution in [0.5, 0.6) is 0 Å². The van der Waals surface area contributed by atoms with Crippen molar-refractivity contribution in [2.45, 2.75) is 6.92 Å². The summed E-state index contributed by atoms with van der Waals surface area (Å²) in [4.78, 5) is 0. The van der Waals surface area contributed by atoms with E-state index in [-0.39, 0.29) is 0 Å². The summed E-state index contributed by atoms with van der Waals surface area (Å²) >= 11 is 0. The molecule has 0 aliphatic rings. The van der Waals surface area contributed by atoms with Crippen LogP contribution in [0.15, 0.2) is 12.4 Å². The van der Waals surface area contributed by atoms with Crippen LogP contribution in [-0.2, 0) is 14.1 Å². The van der Waals surface area contributed by atoms with Crippen molar-refractivity contribution >= 4 is 7.25 Å². The SMILES string of the molecule is Cc1n(C)cc[n+]1C.F[B-](F)(F)F. The van der Waals surface area contributed by atoms with Crippen molar-refractivity contribution in [3.8, 4) is 0 Å². The zero-order chi connectivity index (χ0) is 10.6. The van der Waals surface area contributed by atoms with Crippen LogP contribution in [0.4, 0.5) is 17.3 Å². The molecular weight excluding hydrogens is 187 g/mol. The third-order valence-corrected chi connectivity index (χ3v) is 1.53.